The van der Waals surface area contributed by atoms with Gasteiger partial charge in [0.05, 0.1) is 17.5 Å². The van der Waals surface area contributed by atoms with Crippen molar-refractivity contribution < 1.29 is 4.52 Å². The van der Waals surface area contributed by atoms with Crippen molar-refractivity contribution >= 4 is 16.9 Å². The van der Waals surface area contributed by atoms with Gasteiger partial charge in [-0.2, -0.15) is 0 Å². The number of anilines is 1. The largest absolute Gasteiger partial charge is 0.361 e. The molecule has 2 saturated heterocycles. The summed E-state index contributed by atoms with van der Waals surface area (Å²) in [4.78, 5) is 14.9. The van der Waals surface area contributed by atoms with Crippen LogP contribution in [0.4, 0.5) is 5.82 Å². The molecule has 0 N–H and O–H groups in total. The Morgan fingerprint density at radius 1 is 1.10 bits per heavy atom. The van der Waals surface area contributed by atoms with Gasteiger partial charge in [-0.3, -0.25) is 4.90 Å². The molecular formula is C23H32N6O. The highest BCUT2D eigenvalue weighted by atomic mass is 16.5. The van der Waals surface area contributed by atoms with Crippen LogP contribution in [-0.2, 0) is 6.54 Å². The molecule has 0 aliphatic carbocycles. The molecule has 0 amide bonds. The van der Waals surface area contributed by atoms with Gasteiger partial charge in [-0.15, -0.1) is 0 Å². The van der Waals surface area contributed by atoms with E-state index in [9.17, 15) is 0 Å². The maximum atomic E-state index is 5.22. The van der Waals surface area contributed by atoms with Gasteiger partial charge in [-0.05, 0) is 65.6 Å². The third kappa shape index (κ3) is 3.71. The SMILES string of the molecule is Cc1cc(CN2CCC(c3cc4c(ncn4C(C)C)c(N4CCCC4)n3)CC2)no1. The van der Waals surface area contributed by atoms with Crippen LogP contribution in [0.25, 0.3) is 11.0 Å². The summed E-state index contributed by atoms with van der Waals surface area (Å²) in [5.41, 5.74) is 4.57. The third-order valence-electron chi connectivity index (χ3n) is 6.59. The van der Waals surface area contributed by atoms with Gasteiger partial charge in [0.1, 0.15) is 11.3 Å². The van der Waals surface area contributed by atoms with Crippen LogP contribution in [0.3, 0.4) is 0 Å². The molecule has 160 valence electrons. The zero-order chi connectivity index (χ0) is 20.7. The minimum Gasteiger partial charge on any atom is -0.361 e. The Hall–Kier alpha value is -2.41. The number of imidazole rings is 1. The van der Waals surface area contributed by atoms with E-state index in [0.29, 0.717) is 12.0 Å². The molecule has 0 spiro atoms. The maximum absolute atomic E-state index is 5.22. The zero-order valence-corrected chi connectivity index (χ0v) is 18.3. The van der Waals surface area contributed by atoms with Gasteiger partial charge in [-0.1, -0.05) is 5.16 Å². The number of piperidine rings is 1. The quantitative estimate of drug-likeness (QED) is 0.628. The monoisotopic (exact) mass is 408 g/mol. The molecule has 0 atom stereocenters. The van der Waals surface area contributed by atoms with Crippen molar-refractivity contribution in [3.05, 3.63) is 35.6 Å². The van der Waals surface area contributed by atoms with Crippen molar-refractivity contribution in [3.63, 3.8) is 0 Å². The lowest BCUT2D eigenvalue weighted by molar-refractivity contribution is 0.198. The highest BCUT2D eigenvalue weighted by Crippen LogP contribution is 2.34. The summed E-state index contributed by atoms with van der Waals surface area (Å²) in [5, 5.41) is 4.15. The minimum absolute atomic E-state index is 0.393. The fourth-order valence-corrected chi connectivity index (χ4v) is 4.91. The third-order valence-corrected chi connectivity index (χ3v) is 6.59. The summed E-state index contributed by atoms with van der Waals surface area (Å²) in [6.07, 6.45) is 6.74. The molecule has 0 unspecified atom stereocenters. The number of hydrogen-bond acceptors (Lipinski definition) is 6. The van der Waals surface area contributed by atoms with Crippen LogP contribution in [0.2, 0.25) is 0 Å². The smallest absolute Gasteiger partial charge is 0.157 e. The van der Waals surface area contributed by atoms with Crippen LogP contribution >= 0.6 is 0 Å². The lowest BCUT2D eigenvalue weighted by atomic mass is 9.92. The average Bonchev–Trinajstić information content (AvgIpc) is 3.48. The average molecular weight is 409 g/mol. The number of rotatable bonds is 5. The zero-order valence-electron chi connectivity index (χ0n) is 18.3. The Kier molecular flexibility index (Phi) is 5.23. The van der Waals surface area contributed by atoms with E-state index in [1.54, 1.807) is 0 Å². The first-order chi connectivity index (χ1) is 14.6. The van der Waals surface area contributed by atoms with Gasteiger partial charge < -0.3 is 14.0 Å². The number of pyridine rings is 1. The Morgan fingerprint density at radius 3 is 2.53 bits per heavy atom. The highest BCUT2D eigenvalue weighted by Gasteiger charge is 2.26. The molecule has 5 heterocycles. The van der Waals surface area contributed by atoms with Crippen molar-refractivity contribution in [2.75, 3.05) is 31.1 Å². The van der Waals surface area contributed by atoms with E-state index in [0.717, 1.165) is 68.4 Å². The lowest BCUT2D eigenvalue weighted by Gasteiger charge is -2.31. The van der Waals surface area contributed by atoms with E-state index >= 15 is 0 Å². The van der Waals surface area contributed by atoms with Gasteiger partial charge in [0.2, 0.25) is 0 Å². The Labute approximate surface area is 178 Å². The number of fused-ring (bicyclic) bond motifs is 1. The molecule has 0 bridgehead atoms. The molecule has 0 saturated carbocycles. The second-order valence-corrected chi connectivity index (χ2v) is 9.16. The van der Waals surface area contributed by atoms with Crippen LogP contribution in [-0.4, -0.2) is 50.8 Å². The number of aryl methyl sites for hydroxylation is 1. The van der Waals surface area contributed by atoms with Gasteiger partial charge in [0.25, 0.3) is 0 Å². The molecule has 0 radical (unpaired) electrons. The first kappa shape index (κ1) is 19.5. The molecule has 2 fully saturated rings. The topological polar surface area (TPSA) is 63.2 Å². The summed E-state index contributed by atoms with van der Waals surface area (Å²) in [5.74, 6) is 2.48. The van der Waals surface area contributed by atoms with Crippen LogP contribution in [0, 0.1) is 6.92 Å². The van der Waals surface area contributed by atoms with Crippen LogP contribution < -0.4 is 4.90 Å². The molecule has 3 aromatic heterocycles. The van der Waals surface area contributed by atoms with Crippen molar-refractivity contribution in [2.45, 2.75) is 65.0 Å². The lowest BCUT2D eigenvalue weighted by Crippen LogP contribution is -2.33. The van der Waals surface area contributed by atoms with Crippen molar-refractivity contribution in [3.8, 4) is 0 Å². The minimum atomic E-state index is 0.393. The molecule has 7 heteroatoms. The van der Waals surface area contributed by atoms with Gasteiger partial charge >= 0.3 is 0 Å². The molecule has 30 heavy (non-hydrogen) atoms. The van der Waals surface area contributed by atoms with Gasteiger partial charge in [0, 0.05) is 43.4 Å². The Morgan fingerprint density at radius 2 is 1.87 bits per heavy atom. The second kappa shape index (κ2) is 8.02. The fourth-order valence-electron chi connectivity index (χ4n) is 4.91. The van der Waals surface area contributed by atoms with Gasteiger partial charge in [-0.25, -0.2) is 9.97 Å². The molecule has 7 nitrogen and oxygen atoms in total. The van der Waals surface area contributed by atoms with E-state index in [1.807, 2.05) is 19.3 Å². The Balaban J connectivity index is 1.39. The number of nitrogens with zero attached hydrogens (tertiary/aromatic N) is 6. The van der Waals surface area contributed by atoms with Gasteiger partial charge in [0.15, 0.2) is 5.82 Å². The van der Waals surface area contributed by atoms with Crippen LogP contribution in [0.5, 0.6) is 0 Å². The molecule has 0 aromatic carbocycles. The fraction of sp³-hybridized carbons (Fsp3) is 0.609. The predicted octanol–water partition coefficient (Wildman–Crippen LogP) is 4.29. The van der Waals surface area contributed by atoms with E-state index in [2.05, 4.69) is 39.4 Å². The van der Waals surface area contributed by atoms with E-state index in [-0.39, 0.29) is 0 Å². The van der Waals surface area contributed by atoms with Crippen molar-refractivity contribution in [2.24, 2.45) is 0 Å². The van der Waals surface area contributed by atoms with E-state index < -0.39 is 0 Å². The summed E-state index contributed by atoms with van der Waals surface area (Å²) in [7, 11) is 0. The predicted molar refractivity (Wildman–Crippen MR) is 118 cm³/mol. The first-order valence-corrected chi connectivity index (χ1v) is 11.4. The second-order valence-electron chi connectivity index (χ2n) is 9.16. The standard InChI is InChI=1S/C23H32N6O/c1-16(2)29-15-24-22-21(29)13-20(25-23(22)28-8-4-5-9-28)18-6-10-27(11-7-18)14-19-12-17(3)30-26-19/h12-13,15-16,18H,4-11,14H2,1-3H3. The summed E-state index contributed by atoms with van der Waals surface area (Å²) in [6.45, 7) is 11.6. The molecule has 2 aliphatic heterocycles. The number of aromatic nitrogens is 4. The number of likely N-dealkylation sites (tertiary alicyclic amines) is 1. The van der Waals surface area contributed by atoms with Crippen LogP contribution in [0.15, 0.2) is 23.0 Å². The summed E-state index contributed by atoms with van der Waals surface area (Å²) in [6, 6.07) is 4.74. The normalized spacial score (nSPS) is 18.9. The summed E-state index contributed by atoms with van der Waals surface area (Å²) >= 11 is 0. The summed E-state index contributed by atoms with van der Waals surface area (Å²) < 4.78 is 7.52. The van der Waals surface area contributed by atoms with Crippen molar-refractivity contribution in [1.82, 2.24) is 24.6 Å². The Bertz CT molecular complexity index is 1010. The molecule has 2 aliphatic rings. The highest BCUT2D eigenvalue weighted by molar-refractivity contribution is 5.87. The maximum Gasteiger partial charge on any atom is 0.157 e. The van der Waals surface area contributed by atoms with E-state index in [4.69, 9.17) is 14.5 Å². The van der Waals surface area contributed by atoms with Crippen molar-refractivity contribution in [1.29, 1.82) is 0 Å². The number of hydrogen-bond donors (Lipinski definition) is 0. The molecule has 3 aromatic rings. The first-order valence-electron chi connectivity index (χ1n) is 11.4. The molecular weight excluding hydrogens is 376 g/mol. The van der Waals surface area contributed by atoms with Crippen LogP contribution in [0.1, 0.15) is 68.6 Å². The molecule has 5 rings (SSSR count). The van der Waals surface area contributed by atoms with E-state index in [1.165, 1.54) is 24.1 Å².